The molecule has 4 heteroatoms. The molecule has 4 nitrogen and oxygen atoms in total. The monoisotopic (exact) mass is 247 g/mol. The second-order valence-corrected chi connectivity index (χ2v) is 4.76. The summed E-state index contributed by atoms with van der Waals surface area (Å²) in [4.78, 5) is 25.2. The molecule has 0 saturated heterocycles. The van der Waals surface area contributed by atoms with Gasteiger partial charge in [0, 0.05) is 18.5 Å². The van der Waals surface area contributed by atoms with Gasteiger partial charge in [-0.3, -0.25) is 9.59 Å². The lowest BCUT2D eigenvalue weighted by atomic mass is 9.89. The number of nitrogens with zero attached hydrogens (tertiary/aromatic N) is 1. The van der Waals surface area contributed by atoms with Crippen molar-refractivity contribution in [2.45, 2.75) is 32.8 Å². The molecular formula is C14H17NO3. The molecule has 1 aromatic rings. The Morgan fingerprint density at radius 3 is 2.67 bits per heavy atom. The number of para-hydroxylation sites is 1. The molecule has 0 radical (unpaired) electrons. The summed E-state index contributed by atoms with van der Waals surface area (Å²) in [6, 6.07) is 5.42. The number of Topliss-reactive ketones (excluding diaryl/α,β-unsaturated/α-hetero) is 1. The fraction of sp³-hybridized carbons (Fsp3) is 0.429. The molecule has 0 aliphatic carbocycles. The van der Waals surface area contributed by atoms with E-state index in [2.05, 4.69) is 0 Å². The fourth-order valence-electron chi connectivity index (χ4n) is 2.62. The lowest BCUT2D eigenvalue weighted by Crippen LogP contribution is -2.41. The van der Waals surface area contributed by atoms with Gasteiger partial charge in [0.25, 0.3) is 5.91 Å². The number of hydrogen-bond acceptors (Lipinski definition) is 3. The van der Waals surface area contributed by atoms with Crippen molar-refractivity contribution in [1.29, 1.82) is 0 Å². The Morgan fingerprint density at radius 2 is 2.11 bits per heavy atom. The Balaban J connectivity index is 2.63. The van der Waals surface area contributed by atoms with Crippen LogP contribution < -0.4 is 4.90 Å². The van der Waals surface area contributed by atoms with Gasteiger partial charge in [0.15, 0.2) is 5.60 Å². The standard InChI is InChI=1S/C14H17NO3/c1-4-15-12-9(2)6-5-7-11(12)14(18,13(15)17)8-10(3)16/h5-7,18H,4,8H2,1-3H3. The number of rotatable bonds is 3. The highest BCUT2D eigenvalue weighted by Crippen LogP contribution is 2.43. The lowest BCUT2D eigenvalue weighted by molar-refractivity contribution is -0.141. The van der Waals surface area contributed by atoms with Crippen molar-refractivity contribution in [1.82, 2.24) is 0 Å². The smallest absolute Gasteiger partial charge is 0.264 e. The Bertz CT molecular complexity index is 524. The maximum atomic E-state index is 12.3. The summed E-state index contributed by atoms with van der Waals surface area (Å²) in [6.45, 7) is 5.62. The second kappa shape index (κ2) is 4.21. The first-order valence-corrected chi connectivity index (χ1v) is 6.05. The van der Waals surface area contributed by atoms with Crippen molar-refractivity contribution in [3.63, 3.8) is 0 Å². The fourth-order valence-corrected chi connectivity index (χ4v) is 2.62. The molecule has 1 aliphatic heterocycles. The van der Waals surface area contributed by atoms with Crippen LogP contribution in [-0.2, 0) is 15.2 Å². The number of likely N-dealkylation sites (N-methyl/N-ethyl adjacent to an activating group) is 1. The molecule has 2 rings (SSSR count). The molecule has 18 heavy (non-hydrogen) atoms. The van der Waals surface area contributed by atoms with Crippen molar-refractivity contribution in [2.75, 3.05) is 11.4 Å². The molecule has 0 bridgehead atoms. The third-order valence-corrected chi connectivity index (χ3v) is 3.37. The molecule has 0 spiro atoms. The number of amides is 1. The number of anilines is 1. The third-order valence-electron chi connectivity index (χ3n) is 3.37. The second-order valence-electron chi connectivity index (χ2n) is 4.76. The van der Waals surface area contributed by atoms with Crippen LogP contribution in [0.25, 0.3) is 0 Å². The van der Waals surface area contributed by atoms with E-state index in [1.54, 1.807) is 17.0 Å². The van der Waals surface area contributed by atoms with E-state index in [1.807, 2.05) is 19.9 Å². The molecule has 0 aromatic heterocycles. The summed E-state index contributed by atoms with van der Waals surface area (Å²) < 4.78 is 0. The zero-order chi connectivity index (χ0) is 13.5. The first-order valence-electron chi connectivity index (χ1n) is 6.05. The van der Waals surface area contributed by atoms with Gasteiger partial charge in [-0.15, -0.1) is 0 Å². The van der Waals surface area contributed by atoms with Crippen LogP contribution in [0.1, 0.15) is 31.4 Å². The molecule has 1 aliphatic rings. The highest BCUT2D eigenvalue weighted by Gasteiger charge is 2.50. The van der Waals surface area contributed by atoms with Gasteiger partial charge in [-0.2, -0.15) is 0 Å². The van der Waals surface area contributed by atoms with E-state index in [0.717, 1.165) is 11.3 Å². The first-order chi connectivity index (χ1) is 8.41. The summed E-state index contributed by atoms with van der Waals surface area (Å²) in [5.74, 6) is -0.597. The minimum absolute atomic E-state index is 0.168. The Morgan fingerprint density at radius 1 is 1.44 bits per heavy atom. The molecule has 1 unspecified atom stereocenters. The number of aryl methyl sites for hydroxylation is 1. The summed E-state index contributed by atoms with van der Waals surface area (Å²) in [7, 11) is 0. The Labute approximate surface area is 106 Å². The summed E-state index contributed by atoms with van der Waals surface area (Å²) >= 11 is 0. The largest absolute Gasteiger partial charge is 0.375 e. The van der Waals surface area contributed by atoms with Gasteiger partial charge in [-0.25, -0.2) is 0 Å². The molecule has 96 valence electrons. The zero-order valence-electron chi connectivity index (χ0n) is 10.9. The molecule has 1 atom stereocenters. The van der Waals surface area contributed by atoms with E-state index in [-0.39, 0.29) is 12.2 Å². The SMILES string of the molecule is CCN1C(=O)C(O)(CC(C)=O)c2cccc(C)c21. The molecule has 0 fully saturated rings. The van der Waals surface area contributed by atoms with E-state index in [1.165, 1.54) is 6.92 Å². The van der Waals surface area contributed by atoms with Crippen molar-refractivity contribution in [2.24, 2.45) is 0 Å². The predicted molar refractivity (Wildman–Crippen MR) is 68.4 cm³/mol. The van der Waals surface area contributed by atoms with Crippen LogP contribution in [0, 0.1) is 6.92 Å². The topological polar surface area (TPSA) is 57.6 Å². The van der Waals surface area contributed by atoms with Gasteiger partial charge < -0.3 is 10.0 Å². The van der Waals surface area contributed by atoms with Gasteiger partial charge in [0.05, 0.1) is 5.69 Å². The maximum absolute atomic E-state index is 12.3. The van der Waals surface area contributed by atoms with Gasteiger partial charge in [-0.05, 0) is 26.3 Å². The van der Waals surface area contributed by atoms with E-state index >= 15 is 0 Å². The zero-order valence-corrected chi connectivity index (χ0v) is 10.9. The maximum Gasteiger partial charge on any atom is 0.264 e. The van der Waals surface area contributed by atoms with E-state index in [4.69, 9.17) is 0 Å². The average Bonchev–Trinajstić information content (AvgIpc) is 2.50. The number of hydrogen-bond donors (Lipinski definition) is 1. The Hall–Kier alpha value is -1.68. The number of ketones is 1. The first kappa shape index (κ1) is 12.8. The van der Waals surface area contributed by atoms with Gasteiger partial charge in [0.1, 0.15) is 5.78 Å². The van der Waals surface area contributed by atoms with Crippen LogP contribution in [0.4, 0.5) is 5.69 Å². The normalized spacial score (nSPS) is 22.2. The van der Waals surface area contributed by atoms with E-state index in [0.29, 0.717) is 12.1 Å². The molecule has 1 amide bonds. The van der Waals surface area contributed by atoms with Crippen LogP contribution in [0.3, 0.4) is 0 Å². The van der Waals surface area contributed by atoms with E-state index in [9.17, 15) is 14.7 Å². The highest BCUT2D eigenvalue weighted by molar-refractivity contribution is 6.09. The lowest BCUT2D eigenvalue weighted by Gasteiger charge is -2.21. The number of carbonyl (C=O) groups excluding carboxylic acids is 2. The van der Waals surface area contributed by atoms with Gasteiger partial charge in [0.2, 0.25) is 0 Å². The van der Waals surface area contributed by atoms with Crippen molar-refractivity contribution in [3.8, 4) is 0 Å². The number of benzene rings is 1. The van der Waals surface area contributed by atoms with Crippen LogP contribution >= 0.6 is 0 Å². The van der Waals surface area contributed by atoms with Crippen molar-refractivity contribution in [3.05, 3.63) is 29.3 Å². The Kier molecular flexibility index (Phi) is 2.99. The van der Waals surface area contributed by atoms with Gasteiger partial charge >= 0.3 is 0 Å². The van der Waals surface area contributed by atoms with Crippen molar-refractivity contribution >= 4 is 17.4 Å². The minimum atomic E-state index is -1.69. The predicted octanol–water partition coefficient (Wildman–Crippen LogP) is 1.53. The van der Waals surface area contributed by atoms with Crippen molar-refractivity contribution < 1.29 is 14.7 Å². The highest BCUT2D eigenvalue weighted by atomic mass is 16.3. The molecule has 1 N–H and O–H groups in total. The average molecular weight is 247 g/mol. The number of fused-ring (bicyclic) bond motifs is 1. The van der Waals surface area contributed by atoms with Crippen LogP contribution in [0.15, 0.2) is 18.2 Å². The molecule has 1 heterocycles. The molecule has 1 aromatic carbocycles. The summed E-state index contributed by atoms with van der Waals surface area (Å²) in [6.07, 6.45) is -0.168. The minimum Gasteiger partial charge on any atom is -0.375 e. The van der Waals surface area contributed by atoms with Crippen LogP contribution in [0.2, 0.25) is 0 Å². The summed E-state index contributed by atoms with van der Waals surface area (Å²) in [5.41, 5.74) is 0.531. The molecular weight excluding hydrogens is 230 g/mol. The van der Waals surface area contributed by atoms with Gasteiger partial charge in [-0.1, -0.05) is 18.2 Å². The number of aliphatic hydroxyl groups is 1. The third kappa shape index (κ3) is 1.64. The number of carbonyl (C=O) groups is 2. The van der Waals surface area contributed by atoms with Crippen LogP contribution in [0.5, 0.6) is 0 Å². The molecule has 0 saturated carbocycles. The van der Waals surface area contributed by atoms with E-state index < -0.39 is 11.5 Å². The quantitative estimate of drug-likeness (QED) is 0.881. The van der Waals surface area contributed by atoms with Crippen LogP contribution in [-0.4, -0.2) is 23.3 Å². The summed E-state index contributed by atoms with van der Waals surface area (Å²) in [5, 5.41) is 10.6.